The van der Waals surface area contributed by atoms with Gasteiger partial charge in [-0.25, -0.2) is 0 Å². The van der Waals surface area contributed by atoms with Crippen LogP contribution < -0.4 is 0 Å². The summed E-state index contributed by atoms with van der Waals surface area (Å²) < 4.78 is 0. The molecule has 0 N–H and O–H groups in total. The molecule has 0 unspecified atom stereocenters. The molecule has 2 fully saturated rings. The van der Waals surface area contributed by atoms with Crippen LogP contribution >= 0.6 is 0 Å². The molecule has 1 radical (unpaired) electrons. The third-order valence-electron chi connectivity index (χ3n) is 3.50. The van der Waals surface area contributed by atoms with Crippen molar-refractivity contribution in [2.24, 2.45) is 11.8 Å². The van der Waals surface area contributed by atoms with Crippen LogP contribution in [0.25, 0.3) is 0 Å². The van der Waals surface area contributed by atoms with Crippen molar-refractivity contribution in [2.45, 2.75) is 45.4 Å². The Morgan fingerprint density at radius 2 is 1.30 bits per heavy atom. The molecular formula is C10H17. The van der Waals surface area contributed by atoms with Gasteiger partial charge < -0.3 is 0 Å². The maximum Gasteiger partial charge on any atom is -0.0210 e. The summed E-state index contributed by atoms with van der Waals surface area (Å²) in [4.78, 5) is 0. The molecule has 2 rings (SSSR count). The highest BCUT2D eigenvalue weighted by Gasteiger charge is 2.32. The molecule has 0 nitrogen and oxygen atoms in total. The molecule has 0 atom stereocenters. The van der Waals surface area contributed by atoms with Crippen LogP contribution in [0.3, 0.4) is 0 Å². The molecule has 0 aromatic carbocycles. The smallest absolute Gasteiger partial charge is 0.0210 e. The van der Waals surface area contributed by atoms with Crippen LogP contribution in [0.1, 0.15) is 45.4 Å². The number of hydrogen-bond donors (Lipinski definition) is 0. The van der Waals surface area contributed by atoms with E-state index in [-0.39, 0.29) is 0 Å². The topological polar surface area (TPSA) is 0 Å². The van der Waals surface area contributed by atoms with E-state index in [2.05, 4.69) is 6.92 Å². The van der Waals surface area contributed by atoms with E-state index in [1.807, 2.05) is 5.92 Å². The van der Waals surface area contributed by atoms with Crippen LogP contribution in [0, 0.1) is 17.8 Å². The van der Waals surface area contributed by atoms with E-state index in [4.69, 9.17) is 0 Å². The van der Waals surface area contributed by atoms with Gasteiger partial charge in [0.15, 0.2) is 0 Å². The third-order valence-corrected chi connectivity index (χ3v) is 3.50. The summed E-state index contributed by atoms with van der Waals surface area (Å²) in [6.45, 7) is 2.40. The number of hydrogen-bond acceptors (Lipinski definition) is 0. The van der Waals surface area contributed by atoms with Crippen LogP contribution in [0.5, 0.6) is 0 Å². The summed E-state index contributed by atoms with van der Waals surface area (Å²) in [5.74, 6) is 3.91. The standard InChI is InChI=1S/C10H17/c1-8-9-4-2-5-10(8)7-3-6-9/h9-10H,2-7H2,1H3. The van der Waals surface area contributed by atoms with Crippen LogP contribution in [-0.2, 0) is 0 Å². The van der Waals surface area contributed by atoms with Gasteiger partial charge in [-0.1, -0.05) is 19.8 Å². The predicted octanol–water partition coefficient (Wildman–Crippen LogP) is 3.18. The van der Waals surface area contributed by atoms with Gasteiger partial charge in [0, 0.05) is 0 Å². The lowest BCUT2D eigenvalue weighted by Gasteiger charge is -2.40. The first-order chi connectivity index (χ1) is 4.88. The van der Waals surface area contributed by atoms with Crippen LogP contribution in [0.4, 0.5) is 0 Å². The van der Waals surface area contributed by atoms with Crippen molar-refractivity contribution in [3.8, 4) is 0 Å². The molecule has 0 amide bonds. The zero-order valence-corrected chi connectivity index (χ0v) is 6.90. The van der Waals surface area contributed by atoms with Gasteiger partial charge in [-0.15, -0.1) is 0 Å². The fourth-order valence-electron chi connectivity index (χ4n) is 2.75. The van der Waals surface area contributed by atoms with Crippen LogP contribution in [-0.4, -0.2) is 0 Å². The van der Waals surface area contributed by atoms with Crippen LogP contribution in [0.2, 0.25) is 0 Å². The number of fused-ring (bicyclic) bond motifs is 2. The molecule has 0 spiro atoms. The molecule has 57 valence electrons. The highest BCUT2D eigenvalue weighted by Crippen LogP contribution is 2.45. The molecule has 2 bridgehead atoms. The van der Waals surface area contributed by atoms with E-state index in [1.54, 1.807) is 0 Å². The fraction of sp³-hybridized carbons (Fsp3) is 0.900. The van der Waals surface area contributed by atoms with E-state index in [1.165, 1.54) is 38.5 Å². The average molecular weight is 137 g/mol. The molecule has 2 aliphatic carbocycles. The SMILES string of the molecule is C[C]1C2CCCC1CCC2. The lowest BCUT2D eigenvalue weighted by molar-refractivity contribution is 0.228. The first-order valence-electron chi connectivity index (χ1n) is 4.71. The highest BCUT2D eigenvalue weighted by molar-refractivity contribution is 5.03. The van der Waals surface area contributed by atoms with Gasteiger partial charge in [0.25, 0.3) is 0 Å². The minimum absolute atomic E-state index is 1.03. The van der Waals surface area contributed by atoms with E-state index in [9.17, 15) is 0 Å². The Hall–Kier alpha value is 0. The Morgan fingerprint density at radius 3 is 1.60 bits per heavy atom. The Balaban J connectivity index is 2.05. The number of rotatable bonds is 0. The van der Waals surface area contributed by atoms with E-state index in [0.717, 1.165) is 11.8 Å². The van der Waals surface area contributed by atoms with Gasteiger partial charge in [-0.3, -0.25) is 0 Å². The first kappa shape index (κ1) is 6.69. The second-order valence-electron chi connectivity index (χ2n) is 4.00. The van der Waals surface area contributed by atoms with Crippen molar-refractivity contribution in [1.29, 1.82) is 0 Å². The molecule has 0 heterocycles. The van der Waals surface area contributed by atoms with Crippen molar-refractivity contribution in [3.05, 3.63) is 5.92 Å². The zero-order chi connectivity index (χ0) is 6.97. The largest absolute Gasteiger partial charge is 0.0586 e. The van der Waals surface area contributed by atoms with Gasteiger partial charge in [0.2, 0.25) is 0 Å². The summed E-state index contributed by atoms with van der Waals surface area (Å²) in [5, 5.41) is 0. The van der Waals surface area contributed by atoms with Crippen molar-refractivity contribution < 1.29 is 0 Å². The van der Waals surface area contributed by atoms with E-state index < -0.39 is 0 Å². The third kappa shape index (κ3) is 0.980. The molecule has 10 heavy (non-hydrogen) atoms. The Kier molecular flexibility index (Phi) is 1.71. The lowest BCUT2D eigenvalue weighted by Crippen LogP contribution is -2.28. The van der Waals surface area contributed by atoms with Crippen molar-refractivity contribution >= 4 is 0 Å². The van der Waals surface area contributed by atoms with Gasteiger partial charge in [-0.05, 0) is 43.4 Å². The monoisotopic (exact) mass is 137 g/mol. The maximum absolute atomic E-state index is 2.40. The average Bonchev–Trinajstić information content (AvgIpc) is 1.86. The molecule has 0 aliphatic heterocycles. The Labute approximate surface area is 64.0 Å². The summed E-state index contributed by atoms with van der Waals surface area (Å²) in [7, 11) is 0. The summed E-state index contributed by atoms with van der Waals surface area (Å²) in [6.07, 6.45) is 9.02. The second kappa shape index (κ2) is 2.56. The summed E-state index contributed by atoms with van der Waals surface area (Å²) in [6, 6.07) is 0. The normalized spacial score (nSPS) is 41.7. The van der Waals surface area contributed by atoms with Gasteiger partial charge in [0.1, 0.15) is 0 Å². The van der Waals surface area contributed by atoms with E-state index in [0.29, 0.717) is 0 Å². The van der Waals surface area contributed by atoms with Crippen molar-refractivity contribution in [2.75, 3.05) is 0 Å². The molecule has 0 aromatic rings. The molecule has 0 heteroatoms. The van der Waals surface area contributed by atoms with Crippen molar-refractivity contribution in [1.82, 2.24) is 0 Å². The molecular weight excluding hydrogens is 120 g/mol. The zero-order valence-electron chi connectivity index (χ0n) is 6.90. The minimum atomic E-state index is 1.03. The molecule has 0 aromatic heterocycles. The summed E-state index contributed by atoms with van der Waals surface area (Å²) >= 11 is 0. The maximum atomic E-state index is 2.40. The van der Waals surface area contributed by atoms with Crippen molar-refractivity contribution in [3.63, 3.8) is 0 Å². The van der Waals surface area contributed by atoms with E-state index >= 15 is 0 Å². The first-order valence-corrected chi connectivity index (χ1v) is 4.71. The lowest BCUT2D eigenvalue weighted by atomic mass is 9.65. The summed E-state index contributed by atoms with van der Waals surface area (Å²) in [5.41, 5.74) is 0. The molecule has 2 saturated carbocycles. The second-order valence-corrected chi connectivity index (χ2v) is 4.00. The van der Waals surface area contributed by atoms with Gasteiger partial charge >= 0.3 is 0 Å². The molecule has 0 saturated heterocycles. The van der Waals surface area contributed by atoms with Crippen LogP contribution in [0.15, 0.2) is 0 Å². The fourth-order valence-corrected chi connectivity index (χ4v) is 2.75. The van der Waals surface area contributed by atoms with Gasteiger partial charge in [0.05, 0.1) is 0 Å². The predicted molar refractivity (Wildman–Crippen MR) is 43.6 cm³/mol. The Bertz CT molecular complexity index is 95.2. The highest BCUT2D eigenvalue weighted by atomic mass is 14.4. The van der Waals surface area contributed by atoms with Gasteiger partial charge in [-0.2, -0.15) is 0 Å². The quantitative estimate of drug-likeness (QED) is 0.481. The molecule has 2 aliphatic rings. The minimum Gasteiger partial charge on any atom is -0.0586 e. The Morgan fingerprint density at radius 1 is 0.900 bits per heavy atom.